The second-order valence-corrected chi connectivity index (χ2v) is 24.7. The van der Waals surface area contributed by atoms with Gasteiger partial charge in [-0.2, -0.15) is 132 Å². The van der Waals surface area contributed by atoms with E-state index in [1.165, 1.54) is 62.8 Å². The Morgan fingerprint density at radius 1 is 0.254 bits per heavy atom. The Morgan fingerprint density at radius 3 is 0.619 bits per heavy atom. The molecule has 8 rings (SSSR count). The van der Waals surface area contributed by atoms with Crippen LogP contribution in [0, 0.1) is 0 Å². The lowest BCUT2D eigenvalue weighted by atomic mass is 9.79. The van der Waals surface area contributed by atoms with Gasteiger partial charge in [-0.3, -0.25) is 0 Å². The Balaban J connectivity index is 1.01. The zero-order chi connectivity index (χ0) is 88.6. The first-order chi connectivity index (χ1) is 54.1. The number of benzene rings is 8. The molecule has 0 bridgehead atoms. The second kappa shape index (κ2) is 33.4. The molecule has 0 atom stereocenters. The van der Waals surface area contributed by atoms with Crippen LogP contribution in [0.5, 0.6) is 11.5 Å². The third kappa shape index (κ3) is 18.9. The monoisotopic (exact) mass is 1740 g/mol. The topological polar surface area (TPSA) is 96.0 Å². The molecule has 0 saturated carbocycles. The summed E-state index contributed by atoms with van der Waals surface area (Å²) in [6, 6.07) is 40.4. The van der Waals surface area contributed by atoms with E-state index in [1.807, 2.05) is 0 Å². The van der Waals surface area contributed by atoms with Crippen molar-refractivity contribution in [3.8, 4) is 22.6 Å². The Bertz CT molecular complexity index is 4410. The molecule has 44 heteroatoms. The highest BCUT2D eigenvalue weighted by molar-refractivity contribution is 5.90. The maximum atomic E-state index is 15.2. The smallest absolute Gasteiger partial charge is 0.449 e. The number of carbonyl (C=O) groups excluding carboxylic acids is 2. The summed E-state index contributed by atoms with van der Waals surface area (Å²) in [4.78, 5) is 29.7. The zero-order valence-corrected chi connectivity index (χ0v) is 58.3. The molecular formula is C74H46F34N2O8. The number of carbonyl (C=O) groups is 2. The molecule has 8 aromatic rings. The van der Waals surface area contributed by atoms with E-state index in [4.69, 9.17) is 18.9 Å². The van der Waals surface area contributed by atoms with Gasteiger partial charge in [-0.1, -0.05) is 72.8 Å². The summed E-state index contributed by atoms with van der Waals surface area (Å²) < 4.78 is 505. The number of esters is 2. The van der Waals surface area contributed by atoms with Gasteiger partial charge in [0, 0.05) is 48.3 Å². The lowest BCUT2D eigenvalue weighted by molar-refractivity contribution is -0.367. The van der Waals surface area contributed by atoms with Crippen molar-refractivity contribution in [1.29, 1.82) is 0 Å². The number of allylic oxidation sites excluding steroid dienone is 4. The largest absolute Gasteiger partial charge is 0.457 e. The van der Waals surface area contributed by atoms with Crippen LogP contribution in [0.25, 0.3) is 11.1 Å². The van der Waals surface area contributed by atoms with Crippen LogP contribution in [0.4, 0.5) is 183 Å². The van der Waals surface area contributed by atoms with Gasteiger partial charge in [-0.05, 0) is 155 Å². The van der Waals surface area contributed by atoms with Crippen LogP contribution >= 0.6 is 0 Å². The molecule has 0 radical (unpaired) electrons. The molecule has 0 aliphatic heterocycles. The van der Waals surface area contributed by atoms with Crippen LogP contribution in [-0.4, -0.2) is 111 Å². The number of hydrogen-bond acceptors (Lipinski definition) is 10. The molecule has 0 fully saturated rings. The molecule has 0 unspecified atom stereocenters. The summed E-state index contributed by atoms with van der Waals surface area (Å²) in [5, 5.41) is 0. The first-order valence-electron chi connectivity index (χ1n) is 32.1. The first-order valence-corrected chi connectivity index (χ1v) is 32.1. The predicted octanol–water partition coefficient (Wildman–Crippen LogP) is 25.0. The van der Waals surface area contributed by atoms with E-state index in [1.54, 1.807) is 107 Å². The minimum absolute atomic E-state index is 0.0362. The fourth-order valence-electron chi connectivity index (χ4n) is 11.2. The van der Waals surface area contributed by atoms with Crippen molar-refractivity contribution in [3.63, 3.8) is 0 Å². The normalized spacial score (nSPS) is 13.4. The minimum Gasteiger partial charge on any atom is -0.457 e. The van der Waals surface area contributed by atoms with E-state index < -0.39 is 155 Å². The quantitative estimate of drug-likeness (QED) is 0.0313. The molecular weight excluding hydrogens is 1690 g/mol. The van der Waals surface area contributed by atoms with Crippen molar-refractivity contribution in [2.75, 3.05) is 24.0 Å². The fraction of sp³-hybridized carbons (Fsp3) is 0.270. The van der Waals surface area contributed by atoms with Crippen LogP contribution in [0.2, 0.25) is 0 Å². The highest BCUT2D eigenvalue weighted by Crippen LogP contribution is 2.65. The van der Waals surface area contributed by atoms with Crippen molar-refractivity contribution < 1.29 is 187 Å². The Labute approximate surface area is 639 Å². The standard InChI is InChI=1S/C74H46F34N2O8/c1-113-35-39-3-19-47(20-4-39)109(49-23-7-41(8-24-49)37-115-59(111)45-15-31-53(32-16-45)117-57(65(79,80)81)55(61(75,67(85,86)87)68(88,89)90)62(76,69(91,92)93)70(94,95)96)51-27-11-43(12-28-51)44-13-29-52(30-14-44)110(48-21-5-40(6-22-48)36-114-2)50-25-9-42(10-26-50)38-116-60(112)46-17-33-54(34-18-46)118-58(66(82,83)84)56(63(77,71(97,98)99)72(100,101)102)64(78,73(103,104)105)74(106,107)108/h3-34H,35-38H2,1-2H3. The number of nitrogens with zero attached hydrogens (tertiary/aromatic N) is 2. The summed E-state index contributed by atoms with van der Waals surface area (Å²) in [7, 11) is 2.90. The number of ether oxygens (including phenoxy) is 6. The summed E-state index contributed by atoms with van der Waals surface area (Å²) in [6.07, 6.45) is -80.7. The van der Waals surface area contributed by atoms with Gasteiger partial charge in [0.1, 0.15) is 24.7 Å². The predicted molar refractivity (Wildman–Crippen MR) is 345 cm³/mol. The molecule has 0 N–H and O–H groups in total. The number of methoxy groups -OCH3 is 2. The lowest BCUT2D eigenvalue weighted by Gasteiger charge is -2.41. The number of anilines is 6. The van der Waals surface area contributed by atoms with E-state index in [0.29, 0.717) is 69.5 Å². The van der Waals surface area contributed by atoms with Crippen molar-refractivity contribution >= 4 is 46.1 Å². The van der Waals surface area contributed by atoms with Crippen LogP contribution in [0.15, 0.2) is 217 Å². The highest BCUT2D eigenvalue weighted by atomic mass is 19.5. The van der Waals surface area contributed by atoms with E-state index in [2.05, 4.69) is 9.47 Å². The Morgan fingerprint density at radius 2 is 0.441 bits per heavy atom. The van der Waals surface area contributed by atoms with Crippen LogP contribution in [0.1, 0.15) is 43.0 Å². The van der Waals surface area contributed by atoms with Crippen LogP contribution < -0.4 is 19.3 Å². The molecule has 10 nitrogen and oxygen atoms in total. The summed E-state index contributed by atoms with van der Waals surface area (Å²) in [5.74, 6) is -16.2. The summed E-state index contributed by atoms with van der Waals surface area (Å²) >= 11 is 0. The van der Waals surface area contributed by atoms with Gasteiger partial charge in [-0.25, -0.2) is 27.2 Å². The number of rotatable bonds is 25. The van der Waals surface area contributed by atoms with Crippen LogP contribution in [-0.2, 0) is 45.4 Å². The maximum Gasteiger partial charge on any atom is 0.449 e. The minimum atomic E-state index is -8.42. The van der Waals surface area contributed by atoms with Gasteiger partial charge in [0.25, 0.3) is 0 Å². The van der Waals surface area contributed by atoms with Gasteiger partial charge in [0.15, 0.2) is 0 Å². The average molecular weight is 1740 g/mol. The van der Waals surface area contributed by atoms with Gasteiger partial charge < -0.3 is 38.2 Å². The van der Waals surface area contributed by atoms with Crippen LogP contribution in [0.3, 0.4) is 0 Å². The van der Waals surface area contributed by atoms with E-state index in [9.17, 15) is 141 Å². The molecule has 638 valence electrons. The van der Waals surface area contributed by atoms with E-state index in [0.717, 1.165) is 11.1 Å². The highest BCUT2D eigenvalue weighted by Gasteiger charge is 2.90. The van der Waals surface area contributed by atoms with E-state index in [-0.39, 0.29) is 48.6 Å². The van der Waals surface area contributed by atoms with Crippen molar-refractivity contribution in [1.82, 2.24) is 0 Å². The van der Waals surface area contributed by atoms with Crippen molar-refractivity contribution in [2.45, 2.75) is 111 Å². The zero-order valence-electron chi connectivity index (χ0n) is 58.3. The third-order valence-electron chi connectivity index (χ3n) is 16.8. The maximum absolute atomic E-state index is 15.2. The Hall–Kier alpha value is -11.1. The summed E-state index contributed by atoms with van der Waals surface area (Å²) in [5.41, 5.74) is -40.5. The van der Waals surface area contributed by atoms with Crippen molar-refractivity contribution in [2.24, 2.45) is 0 Å². The van der Waals surface area contributed by atoms with Gasteiger partial charge in [-0.15, -0.1) is 0 Å². The molecule has 8 aromatic carbocycles. The molecule has 0 saturated heterocycles. The van der Waals surface area contributed by atoms with Gasteiger partial charge >= 0.3 is 96.4 Å². The van der Waals surface area contributed by atoms with E-state index >= 15 is 17.6 Å². The molecule has 0 aliphatic rings. The second-order valence-electron chi connectivity index (χ2n) is 24.7. The molecule has 118 heavy (non-hydrogen) atoms. The number of hydrogen-bond donors (Lipinski definition) is 0. The molecule has 0 aromatic heterocycles. The SMILES string of the molecule is COCc1ccc(N(c2ccc(COC(=O)c3ccc(OC(=C(C(F)(C(F)(F)F)C(F)(F)F)C(F)(C(F)(F)F)C(F)(F)F)C(F)(F)F)cc3)cc2)c2ccc(-c3ccc(N(c4ccc(COC)cc4)c4ccc(COC(=O)c5ccc(OC(=C(C(F)(C(F)(F)F)C(F)(F)F)C(F)(C(F)(F)F)C(F)(F)F)C(F)(F)F)cc5)cc4)cc3)cc2)cc1. The molecule has 0 aliphatic carbocycles. The number of alkyl halides is 34. The molecule has 0 spiro atoms. The summed E-state index contributed by atoms with van der Waals surface area (Å²) in [6.45, 7) is -0.938. The average Bonchev–Trinajstić information content (AvgIpc) is 0.697. The fourth-order valence-corrected chi connectivity index (χ4v) is 11.2. The van der Waals surface area contributed by atoms with Gasteiger partial charge in [0.2, 0.25) is 11.5 Å². The van der Waals surface area contributed by atoms with Gasteiger partial charge in [0.05, 0.1) is 35.5 Å². The molecule has 0 heterocycles. The lowest BCUT2D eigenvalue weighted by Crippen LogP contribution is -2.67. The Kier molecular flexibility index (Phi) is 26.1. The first kappa shape index (κ1) is 92.4. The third-order valence-corrected chi connectivity index (χ3v) is 16.8. The van der Waals surface area contributed by atoms with Crippen molar-refractivity contribution in [3.05, 3.63) is 250 Å². The molecule has 0 amide bonds. The number of halogens is 34.